The van der Waals surface area contributed by atoms with Crippen LogP contribution in [0.15, 0.2) is 54.7 Å². The van der Waals surface area contributed by atoms with Gasteiger partial charge in [-0.1, -0.05) is 30.4 Å². The number of fused-ring (bicyclic) bond motifs is 1. The number of benzene rings is 1. The fraction of sp³-hybridized carbons (Fsp3) is 0.393. The van der Waals surface area contributed by atoms with Crippen molar-refractivity contribution in [1.82, 2.24) is 9.55 Å². The zero-order chi connectivity index (χ0) is 24.9. The predicted octanol–water partition coefficient (Wildman–Crippen LogP) is 5.02. The molecule has 36 heavy (non-hydrogen) atoms. The van der Waals surface area contributed by atoms with Crippen molar-refractivity contribution in [2.24, 2.45) is 5.92 Å². The molecule has 3 heterocycles. The number of nitrogens with one attached hydrogen (secondary N) is 2. The van der Waals surface area contributed by atoms with E-state index in [1.54, 1.807) is 30.5 Å². The second-order valence-corrected chi connectivity index (χ2v) is 9.41. The lowest BCUT2D eigenvalue weighted by molar-refractivity contribution is 0.0580. The van der Waals surface area contributed by atoms with Crippen LogP contribution >= 0.6 is 0 Å². The van der Waals surface area contributed by atoms with Crippen LogP contribution in [0, 0.1) is 5.92 Å². The van der Waals surface area contributed by atoms with Crippen molar-refractivity contribution in [3.05, 3.63) is 66.0 Å². The molecule has 0 radical (unpaired) electrons. The summed E-state index contributed by atoms with van der Waals surface area (Å²) >= 11 is 0. The minimum Gasteiger partial charge on any atom is -0.464 e. The number of nitrogens with zero attached hydrogens (tertiary/aromatic N) is 2. The average molecular weight is 489 g/mol. The molecule has 2 atom stereocenters. The van der Waals surface area contributed by atoms with Crippen molar-refractivity contribution in [3.63, 3.8) is 0 Å². The van der Waals surface area contributed by atoms with Crippen molar-refractivity contribution < 1.29 is 19.1 Å². The van der Waals surface area contributed by atoms with Crippen LogP contribution in [0.3, 0.4) is 0 Å². The van der Waals surface area contributed by atoms with Gasteiger partial charge in [0.05, 0.1) is 37.3 Å². The molecule has 2 unspecified atom stereocenters. The van der Waals surface area contributed by atoms with Gasteiger partial charge >= 0.3 is 5.97 Å². The molecule has 1 fully saturated rings. The molecule has 0 spiro atoms. The van der Waals surface area contributed by atoms with Gasteiger partial charge in [0.1, 0.15) is 5.65 Å². The number of hydrogen-bond acceptors (Lipinski definition) is 6. The SMILES string of the molecule is COC(=O)c1c(NC(=O)c2ccccc2)c2cc(NCC3CC=CCC3)cnc2n1CC1CCCO1. The minimum absolute atomic E-state index is 0.0272. The van der Waals surface area contributed by atoms with Crippen LogP contribution < -0.4 is 10.6 Å². The Morgan fingerprint density at radius 2 is 2.06 bits per heavy atom. The molecule has 1 aliphatic carbocycles. The number of anilines is 2. The molecule has 1 aliphatic heterocycles. The summed E-state index contributed by atoms with van der Waals surface area (Å²) in [6, 6.07) is 10.9. The first-order valence-electron chi connectivity index (χ1n) is 12.6. The molecule has 188 valence electrons. The van der Waals surface area contributed by atoms with Gasteiger partial charge in [-0.3, -0.25) is 4.79 Å². The smallest absolute Gasteiger partial charge is 0.356 e. The zero-order valence-electron chi connectivity index (χ0n) is 20.5. The van der Waals surface area contributed by atoms with E-state index in [1.165, 1.54) is 7.11 Å². The molecule has 8 heteroatoms. The monoisotopic (exact) mass is 488 g/mol. The fourth-order valence-corrected chi connectivity index (χ4v) is 5.01. The van der Waals surface area contributed by atoms with Gasteiger partial charge in [0, 0.05) is 24.1 Å². The van der Waals surface area contributed by atoms with E-state index in [4.69, 9.17) is 14.5 Å². The van der Waals surface area contributed by atoms with Crippen LogP contribution in [-0.4, -0.2) is 47.8 Å². The molecule has 2 aliphatic rings. The molecule has 3 aromatic rings. The molecule has 0 saturated carbocycles. The standard InChI is InChI=1S/C28H32N4O4/c1-35-28(34)25-24(31-27(33)20-11-6-3-7-12-20)23-15-21(29-16-19-9-4-2-5-10-19)17-30-26(23)32(25)18-22-13-8-14-36-22/h2-4,6-7,11-12,15,17,19,22,29H,5,8-10,13-14,16,18H2,1H3,(H,31,33). The number of carbonyl (C=O) groups is 2. The summed E-state index contributed by atoms with van der Waals surface area (Å²) in [5.74, 6) is -0.264. The first-order valence-corrected chi connectivity index (χ1v) is 12.6. The maximum Gasteiger partial charge on any atom is 0.356 e. The molecule has 1 amide bonds. The van der Waals surface area contributed by atoms with Gasteiger partial charge in [0.15, 0.2) is 5.69 Å². The third kappa shape index (κ3) is 5.14. The quantitative estimate of drug-likeness (QED) is 0.341. The van der Waals surface area contributed by atoms with Gasteiger partial charge in [-0.2, -0.15) is 0 Å². The lowest BCUT2D eigenvalue weighted by Crippen LogP contribution is -2.21. The fourth-order valence-electron chi connectivity index (χ4n) is 5.01. The average Bonchev–Trinajstić information content (AvgIpc) is 3.54. The van der Waals surface area contributed by atoms with Gasteiger partial charge in [-0.15, -0.1) is 0 Å². The predicted molar refractivity (Wildman–Crippen MR) is 139 cm³/mol. The Morgan fingerprint density at radius 1 is 1.19 bits per heavy atom. The lowest BCUT2D eigenvalue weighted by Gasteiger charge is -2.18. The molecule has 2 aromatic heterocycles. The molecule has 1 aromatic carbocycles. The summed E-state index contributed by atoms with van der Waals surface area (Å²) in [5, 5.41) is 7.18. The first-order chi connectivity index (χ1) is 17.6. The molecule has 8 nitrogen and oxygen atoms in total. The molecule has 1 saturated heterocycles. The van der Waals surface area contributed by atoms with Crippen molar-refractivity contribution in [3.8, 4) is 0 Å². The number of ether oxygens (including phenoxy) is 2. The van der Waals surface area contributed by atoms with Crippen molar-refractivity contribution in [2.75, 3.05) is 30.9 Å². The first kappa shape index (κ1) is 24.1. The van der Waals surface area contributed by atoms with E-state index in [-0.39, 0.29) is 17.7 Å². The Bertz CT molecular complexity index is 1260. The third-order valence-electron chi connectivity index (χ3n) is 6.93. The van der Waals surface area contributed by atoms with Gasteiger partial charge in [0.2, 0.25) is 0 Å². The van der Waals surface area contributed by atoms with E-state index < -0.39 is 5.97 Å². The number of amides is 1. The molecule has 0 bridgehead atoms. The topological polar surface area (TPSA) is 94.5 Å². The number of rotatable bonds is 8. The zero-order valence-corrected chi connectivity index (χ0v) is 20.5. The van der Waals surface area contributed by atoms with E-state index >= 15 is 0 Å². The largest absolute Gasteiger partial charge is 0.464 e. The van der Waals surface area contributed by atoms with Crippen LogP contribution in [0.2, 0.25) is 0 Å². The van der Waals surface area contributed by atoms with Crippen LogP contribution in [0.4, 0.5) is 11.4 Å². The maximum atomic E-state index is 13.2. The van der Waals surface area contributed by atoms with E-state index in [9.17, 15) is 9.59 Å². The van der Waals surface area contributed by atoms with Gasteiger partial charge in [-0.25, -0.2) is 9.78 Å². The lowest BCUT2D eigenvalue weighted by atomic mass is 9.94. The van der Waals surface area contributed by atoms with Gasteiger partial charge in [-0.05, 0) is 56.2 Å². The highest BCUT2D eigenvalue weighted by molar-refractivity contribution is 6.14. The highest BCUT2D eigenvalue weighted by Crippen LogP contribution is 2.34. The Morgan fingerprint density at radius 3 is 2.78 bits per heavy atom. The van der Waals surface area contributed by atoms with E-state index in [0.717, 1.165) is 44.3 Å². The normalized spacial score (nSPS) is 19.4. The van der Waals surface area contributed by atoms with Crippen molar-refractivity contribution in [1.29, 1.82) is 0 Å². The van der Waals surface area contributed by atoms with Crippen molar-refractivity contribution >= 4 is 34.3 Å². The van der Waals surface area contributed by atoms with E-state index in [1.807, 2.05) is 16.7 Å². The van der Waals surface area contributed by atoms with Crippen molar-refractivity contribution in [2.45, 2.75) is 44.8 Å². The number of allylic oxidation sites excluding steroid dienone is 2. The Kier molecular flexibility index (Phi) is 7.32. The van der Waals surface area contributed by atoms with Crippen LogP contribution in [0.25, 0.3) is 11.0 Å². The van der Waals surface area contributed by atoms with Gasteiger partial charge < -0.3 is 24.7 Å². The molecular formula is C28H32N4O4. The number of hydrogen-bond donors (Lipinski definition) is 2. The third-order valence-corrected chi connectivity index (χ3v) is 6.93. The second-order valence-electron chi connectivity index (χ2n) is 9.41. The van der Waals surface area contributed by atoms with Crippen LogP contribution in [0.1, 0.15) is 53.0 Å². The Balaban J connectivity index is 1.55. The number of aromatic nitrogens is 2. The molecule has 2 N–H and O–H groups in total. The van der Waals surface area contributed by atoms with Crippen LogP contribution in [-0.2, 0) is 16.0 Å². The maximum absolute atomic E-state index is 13.2. The summed E-state index contributed by atoms with van der Waals surface area (Å²) in [4.78, 5) is 30.9. The molecule has 5 rings (SSSR count). The number of pyridine rings is 1. The number of esters is 1. The highest BCUT2D eigenvalue weighted by Gasteiger charge is 2.29. The Labute approximate surface area is 210 Å². The highest BCUT2D eigenvalue weighted by atomic mass is 16.5. The summed E-state index contributed by atoms with van der Waals surface area (Å²) in [7, 11) is 1.35. The summed E-state index contributed by atoms with van der Waals surface area (Å²) in [5.41, 5.74) is 2.63. The summed E-state index contributed by atoms with van der Waals surface area (Å²) < 4.78 is 12.8. The van der Waals surface area contributed by atoms with Gasteiger partial charge in [0.25, 0.3) is 5.91 Å². The molecular weight excluding hydrogens is 456 g/mol. The van der Waals surface area contributed by atoms with E-state index in [0.29, 0.717) is 41.4 Å². The van der Waals surface area contributed by atoms with E-state index in [2.05, 4.69) is 22.8 Å². The Hall–Kier alpha value is -3.65. The summed E-state index contributed by atoms with van der Waals surface area (Å²) in [6.45, 7) is 1.99. The second kappa shape index (κ2) is 11.0. The minimum atomic E-state index is -0.530. The number of methoxy groups -OCH3 is 1. The number of carbonyl (C=O) groups excluding carboxylic acids is 2. The summed E-state index contributed by atoms with van der Waals surface area (Å²) in [6.07, 6.45) is 11.4. The van der Waals surface area contributed by atoms with Crippen LogP contribution in [0.5, 0.6) is 0 Å².